The first-order chi connectivity index (χ1) is 13.7. The lowest BCUT2D eigenvalue weighted by molar-refractivity contribution is -0.122. The summed E-state index contributed by atoms with van der Waals surface area (Å²) in [6.45, 7) is 5.25. The quantitative estimate of drug-likeness (QED) is 0.618. The Balaban J connectivity index is 2.26. The first-order valence-electron chi connectivity index (χ1n) is 9.09. The summed E-state index contributed by atoms with van der Waals surface area (Å²) >= 11 is 5.96. The van der Waals surface area contributed by atoms with Crippen LogP contribution >= 0.6 is 11.6 Å². The maximum atomic E-state index is 12.8. The van der Waals surface area contributed by atoms with Gasteiger partial charge in [-0.3, -0.25) is 4.79 Å². The lowest BCUT2D eigenvalue weighted by atomic mass is 10.2. The zero-order valence-corrected chi connectivity index (χ0v) is 18.3. The van der Waals surface area contributed by atoms with Crippen molar-refractivity contribution >= 4 is 33.2 Å². The monoisotopic (exact) mass is 440 g/mol. The summed E-state index contributed by atoms with van der Waals surface area (Å²) < 4.78 is 38.4. The molecular formula is C20H25ClN2O5S. The SMILES string of the molecule is CC[C@H](Oc1cccc(Cl)c1)C(=O)Nc1cc(S(=O)(=O)NC(C)C)ccc1OC. The van der Waals surface area contributed by atoms with Crippen molar-refractivity contribution in [1.29, 1.82) is 0 Å². The van der Waals surface area contributed by atoms with Gasteiger partial charge < -0.3 is 14.8 Å². The van der Waals surface area contributed by atoms with E-state index in [-0.39, 0.29) is 16.6 Å². The number of anilines is 1. The second kappa shape index (κ2) is 9.96. The molecule has 0 radical (unpaired) electrons. The number of amides is 1. The third-order valence-corrected chi connectivity index (χ3v) is 5.76. The first-order valence-corrected chi connectivity index (χ1v) is 11.0. The Morgan fingerprint density at radius 3 is 2.48 bits per heavy atom. The van der Waals surface area contributed by atoms with Crippen molar-refractivity contribution in [1.82, 2.24) is 4.72 Å². The highest BCUT2D eigenvalue weighted by Crippen LogP contribution is 2.28. The number of halogens is 1. The van der Waals surface area contributed by atoms with E-state index in [0.29, 0.717) is 22.9 Å². The van der Waals surface area contributed by atoms with Crippen molar-refractivity contribution < 1.29 is 22.7 Å². The summed E-state index contributed by atoms with van der Waals surface area (Å²) in [7, 11) is -2.29. The van der Waals surface area contributed by atoms with Crippen molar-refractivity contribution in [2.24, 2.45) is 0 Å². The number of nitrogens with one attached hydrogen (secondary N) is 2. The molecule has 0 unspecified atom stereocenters. The second-order valence-electron chi connectivity index (χ2n) is 6.60. The van der Waals surface area contributed by atoms with Gasteiger partial charge in [0, 0.05) is 11.1 Å². The van der Waals surface area contributed by atoms with Crippen LogP contribution in [0.15, 0.2) is 47.4 Å². The molecule has 2 rings (SSSR count). The minimum Gasteiger partial charge on any atom is -0.495 e. The summed E-state index contributed by atoms with van der Waals surface area (Å²) in [6, 6.07) is 10.7. The smallest absolute Gasteiger partial charge is 0.265 e. The van der Waals surface area contributed by atoms with Gasteiger partial charge in [-0.15, -0.1) is 0 Å². The average molecular weight is 441 g/mol. The van der Waals surface area contributed by atoms with Crippen LogP contribution in [-0.2, 0) is 14.8 Å². The number of carbonyl (C=O) groups excluding carboxylic acids is 1. The highest BCUT2D eigenvalue weighted by atomic mass is 35.5. The Kier molecular flexibility index (Phi) is 7.89. The lowest BCUT2D eigenvalue weighted by Gasteiger charge is -2.19. The van der Waals surface area contributed by atoms with Crippen LogP contribution in [0.5, 0.6) is 11.5 Å². The standard InChI is InChI=1S/C20H25ClN2O5S/c1-5-18(28-15-8-6-7-14(21)11-15)20(24)22-17-12-16(9-10-19(17)27-4)29(25,26)23-13(2)3/h6-13,18,23H,5H2,1-4H3,(H,22,24)/t18-/m0/s1. The van der Waals surface area contributed by atoms with Crippen molar-refractivity contribution in [3.63, 3.8) is 0 Å². The topological polar surface area (TPSA) is 93.7 Å². The molecule has 9 heteroatoms. The number of benzene rings is 2. The fourth-order valence-corrected chi connectivity index (χ4v) is 4.03. The molecule has 2 aromatic rings. The maximum Gasteiger partial charge on any atom is 0.265 e. The van der Waals surface area contributed by atoms with Crippen LogP contribution in [0.25, 0.3) is 0 Å². The highest BCUT2D eigenvalue weighted by molar-refractivity contribution is 7.89. The number of rotatable bonds is 9. The average Bonchev–Trinajstić information content (AvgIpc) is 2.65. The van der Waals surface area contributed by atoms with Gasteiger partial charge in [-0.2, -0.15) is 0 Å². The van der Waals surface area contributed by atoms with Crippen LogP contribution in [-0.4, -0.2) is 33.6 Å². The predicted molar refractivity (Wildman–Crippen MR) is 113 cm³/mol. The molecule has 0 bridgehead atoms. The first kappa shape index (κ1) is 23.0. The third-order valence-electron chi connectivity index (χ3n) is 3.87. The molecular weight excluding hydrogens is 416 g/mol. The Labute approximate surface area is 176 Å². The number of hydrogen-bond acceptors (Lipinski definition) is 5. The molecule has 2 aromatic carbocycles. The van der Waals surface area contributed by atoms with E-state index in [2.05, 4.69) is 10.0 Å². The predicted octanol–water partition coefficient (Wildman–Crippen LogP) is 3.83. The molecule has 0 aliphatic carbocycles. The minimum atomic E-state index is -3.72. The molecule has 0 spiro atoms. The number of sulfonamides is 1. The van der Waals surface area contributed by atoms with Gasteiger partial charge in [0.05, 0.1) is 17.7 Å². The van der Waals surface area contributed by atoms with Crippen molar-refractivity contribution in [3.8, 4) is 11.5 Å². The van der Waals surface area contributed by atoms with Gasteiger partial charge in [-0.1, -0.05) is 24.6 Å². The molecule has 158 valence electrons. The molecule has 0 fully saturated rings. The van der Waals surface area contributed by atoms with Crippen molar-refractivity contribution in [2.45, 2.75) is 44.2 Å². The zero-order chi connectivity index (χ0) is 21.6. The van der Waals surface area contributed by atoms with Gasteiger partial charge in [-0.05, 0) is 56.7 Å². The summed E-state index contributed by atoms with van der Waals surface area (Å²) in [6.07, 6.45) is -0.402. The van der Waals surface area contributed by atoms with E-state index in [1.54, 1.807) is 45.0 Å². The molecule has 0 saturated carbocycles. The van der Waals surface area contributed by atoms with E-state index < -0.39 is 22.0 Å². The van der Waals surface area contributed by atoms with E-state index in [1.807, 2.05) is 0 Å². The van der Waals surface area contributed by atoms with Crippen LogP contribution in [0.2, 0.25) is 5.02 Å². The summed E-state index contributed by atoms with van der Waals surface area (Å²) in [4.78, 5) is 12.8. The van der Waals surface area contributed by atoms with Gasteiger partial charge in [-0.25, -0.2) is 13.1 Å². The molecule has 0 saturated heterocycles. The number of ether oxygens (including phenoxy) is 2. The number of methoxy groups -OCH3 is 1. The molecule has 0 aliphatic rings. The summed E-state index contributed by atoms with van der Waals surface area (Å²) in [5.41, 5.74) is 0.234. The molecule has 0 heterocycles. The van der Waals surface area contributed by atoms with Crippen LogP contribution in [0.3, 0.4) is 0 Å². The van der Waals surface area contributed by atoms with Crippen LogP contribution < -0.4 is 19.5 Å². The van der Waals surface area contributed by atoms with E-state index in [1.165, 1.54) is 25.3 Å². The summed E-state index contributed by atoms with van der Waals surface area (Å²) in [5, 5.41) is 3.19. The number of hydrogen-bond donors (Lipinski definition) is 2. The molecule has 0 aliphatic heterocycles. The molecule has 29 heavy (non-hydrogen) atoms. The molecule has 2 N–H and O–H groups in total. The molecule has 1 atom stereocenters. The Hall–Kier alpha value is -2.29. The largest absolute Gasteiger partial charge is 0.495 e. The fourth-order valence-electron chi connectivity index (χ4n) is 2.57. The van der Waals surface area contributed by atoms with Crippen molar-refractivity contribution in [3.05, 3.63) is 47.5 Å². The van der Waals surface area contributed by atoms with Gasteiger partial charge in [0.25, 0.3) is 5.91 Å². The second-order valence-corrected chi connectivity index (χ2v) is 8.75. The van der Waals surface area contributed by atoms with Crippen LogP contribution in [0.4, 0.5) is 5.69 Å². The fraction of sp³-hybridized carbons (Fsp3) is 0.350. The highest BCUT2D eigenvalue weighted by Gasteiger charge is 2.22. The van der Waals surface area contributed by atoms with E-state index in [9.17, 15) is 13.2 Å². The Morgan fingerprint density at radius 2 is 1.90 bits per heavy atom. The van der Waals surface area contributed by atoms with Gasteiger partial charge in [0.15, 0.2) is 6.10 Å². The summed E-state index contributed by atoms with van der Waals surface area (Å²) in [5.74, 6) is 0.362. The molecule has 0 aromatic heterocycles. The molecule has 7 nitrogen and oxygen atoms in total. The van der Waals surface area contributed by atoms with Crippen LogP contribution in [0, 0.1) is 0 Å². The minimum absolute atomic E-state index is 0.0195. The Morgan fingerprint density at radius 1 is 1.17 bits per heavy atom. The third kappa shape index (κ3) is 6.35. The van der Waals surface area contributed by atoms with E-state index in [4.69, 9.17) is 21.1 Å². The number of carbonyl (C=O) groups is 1. The van der Waals surface area contributed by atoms with Crippen LogP contribution in [0.1, 0.15) is 27.2 Å². The van der Waals surface area contributed by atoms with E-state index in [0.717, 1.165) is 0 Å². The van der Waals surface area contributed by atoms with Gasteiger partial charge in [0.1, 0.15) is 11.5 Å². The lowest BCUT2D eigenvalue weighted by Crippen LogP contribution is -2.33. The maximum absolute atomic E-state index is 12.8. The normalized spacial score (nSPS) is 12.5. The van der Waals surface area contributed by atoms with E-state index >= 15 is 0 Å². The van der Waals surface area contributed by atoms with Crippen molar-refractivity contribution in [2.75, 3.05) is 12.4 Å². The molecule has 1 amide bonds. The van der Waals surface area contributed by atoms with Gasteiger partial charge in [0.2, 0.25) is 10.0 Å². The Bertz CT molecular complexity index is 963. The zero-order valence-electron chi connectivity index (χ0n) is 16.7. The van der Waals surface area contributed by atoms with Gasteiger partial charge >= 0.3 is 0 Å².